The topological polar surface area (TPSA) is 69.2 Å². The molecular formula is C19H38IN5O2. The van der Waals surface area contributed by atoms with Crippen LogP contribution >= 0.6 is 24.0 Å². The minimum Gasteiger partial charge on any atom is -0.444 e. The average Bonchev–Trinajstić information content (AvgIpc) is 3.39. The van der Waals surface area contributed by atoms with Crippen LogP contribution in [0.25, 0.3) is 0 Å². The van der Waals surface area contributed by atoms with E-state index in [1.54, 1.807) is 0 Å². The Bertz CT molecular complexity index is 469. The zero-order chi connectivity index (χ0) is 19.0. The van der Waals surface area contributed by atoms with Gasteiger partial charge >= 0.3 is 6.09 Å². The summed E-state index contributed by atoms with van der Waals surface area (Å²) in [4.78, 5) is 21.0. The molecule has 0 aromatic rings. The quantitative estimate of drug-likeness (QED) is 0.246. The summed E-state index contributed by atoms with van der Waals surface area (Å²) in [6, 6.07) is 0. The third-order valence-corrected chi connectivity index (χ3v) is 4.52. The smallest absolute Gasteiger partial charge is 0.410 e. The van der Waals surface area contributed by atoms with Crippen LogP contribution in [0.15, 0.2) is 4.99 Å². The van der Waals surface area contributed by atoms with Gasteiger partial charge in [0.05, 0.1) is 0 Å². The van der Waals surface area contributed by atoms with Crippen LogP contribution in [0.4, 0.5) is 4.79 Å². The van der Waals surface area contributed by atoms with Crippen molar-refractivity contribution in [1.29, 1.82) is 0 Å². The fraction of sp³-hybridized carbons (Fsp3) is 0.895. The second kappa shape index (κ2) is 11.9. The molecule has 7 nitrogen and oxygen atoms in total. The number of hydrogen-bond acceptors (Lipinski definition) is 4. The lowest BCUT2D eigenvalue weighted by atomic mass is 10.2. The van der Waals surface area contributed by atoms with E-state index in [1.807, 2.05) is 25.7 Å². The van der Waals surface area contributed by atoms with Gasteiger partial charge < -0.3 is 20.3 Å². The van der Waals surface area contributed by atoms with Gasteiger partial charge in [-0.2, -0.15) is 0 Å². The molecule has 0 radical (unpaired) electrons. The second-order valence-electron chi connectivity index (χ2n) is 8.25. The summed E-state index contributed by atoms with van der Waals surface area (Å²) in [5.74, 6) is 1.75. The molecule has 2 rings (SSSR count). The van der Waals surface area contributed by atoms with Crippen LogP contribution in [0.1, 0.15) is 47.0 Å². The molecule has 1 heterocycles. The van der Waals surface area contributed by atoms with Crippen LogP contribution in [0, 0.1) is 5.92 Å². The highest BCUT2D eigenvalue weighted by Gasteiger charge is 2.25. The lowest BCUT2D eigenvalue weighted by Crippen LogP contribution is -2.50. The van der Waals surface area contributed by atoms with Crippen molar-refractivity contribution in [2.45, 2.75) is 52.6 Å². The molecule has 27 heavy (non-hydrogen) atoms. The van der Waals surface area contributed by atoms with Crippen molar-refractivity contribution in [1.82, 2.24) is 20.4 Å². The van der Waals surface area contributed by atoms with Gasteiger partial charge in [-0.1, -0.05) is 0 Å². The Morgan fingerprint density at radius 2 is 1.81 bits per heavy atom. The Morgan fingerprint density at radius 1 is 1.15 bits per heavy atom. The van der Waals surface area contributed by atoms with Crippen LogP contribution in [-0.2, 0) is 4.74 Å². The molecule has 0 unspecified atom stereocenters. The van der Waals surface area contributed by atoms with Gasteiger partial charge in [-0.15, -0.1) is 24.0 Å². The number of guanidine groups is 1. The van der Waals surface area contributed by atoms with Crippen LogP contribution in [0.2, 0.25) is 0 Å². The molecule has 1 aliphatic carbocycles. The normalized spacial score (nSPS) is 18.7. The van der Waals surface area contributed by atoms with E-state index in [0.717, 1.165) is 70.7 Å². The van der Waals surface area contributed by atoms with E-state index in [-0.39, 0.29) is 30.1 Å². The van der Waals surface area contributed by atoms with Gasteiger partial charge in [0.25, 0.3) is 0 Å². The third-order valence-electron chi connectivity index (χ3n) is 4.52. The van der Waals surface area contributed by atoms with Crippen molar-refractivity contribution in [2.24, 2.45) is 10.9 Å². The molecular weight excluding hydrogens is 457 g/mol. The fourth-order valence-corrected chi connectivity index (χ4v) is 2.85. The fourth-order valence-electron chi connectivity index (χ4n) is 2.85. The zero-order valence-corrected chi connectivity index (χ0v) is 19.8. The van der Waals surface area contributed by atoms with E-state index in [0.29, 0.717) is 0 Å². The van der Waals surface area contributed by atoms with Crippen molar-refractivity contribution < 1.29 is 9.53 Å². The summed E-state index contributed by atoms with van der Waals surface area (Å²) < 4.78 is 5.44. The Hall–Kier alpha value is -0.770. The molecule has 1 saturated heterocycles. The minimum atomic E-state index is -0.425. The maximum Gasteiger partial charge on any atom is 0.410 e. The maximum atomic E-state index is 12.1. The number of carbonyl (C=O) groups is 1. The van der Waals surface area contributed by atoms with Crippen molar-refractivity contribution in [2.75, 3.05) is 52.4 Å². The Kier molecular flexibility index (Phi) is 10.7. The summed E-state index contributed by atoms with van der Waals surface area (Å²) >= 11 is 0. The summed E-state index contributed by atoms with van der Waals surface area (Å²) in [5.41, 5.74) is -0.425. The van der Waals surface area contributed by atoms with Gasteiger partial charge in [-0.05, 0) is 59.4 Å². The molecule has 8 heteroatoms. The molecule has 0 atom stereocenters. The van der Waals surface area contributed by atoms with Crippen LogP contribution in [0.3, 0.4) is 0 Å². The first-order chi connectivity index (χ1) is 12.4. The number of nitrogens with zero attached hydrogens (tertiary/aromatic N) is 3. The maximum absolute atomic E-state index is 12.1. The monoisotopic (exact) mass is 495 g/mol. The van der Waals surface area contributed by atoms with Gasteiger partial charge in [0.15, 0.2) is 5.96 Å². The second-order valence-corrected chi connectivity index (χ2v) is 8.25. The standard InChI is InChI=1S/C19H37N5O2.HI/c1-5-20-17(22-15-16-7-8-16)21-9-6-10-23-11-13-24(14-12-23)18(25)26-19(2,3)4;/h16H,5-15H2,1-4H3,(H2,20,21,22);1H. The van der Waals surface area contributed by atoms with E-state index in [1.165, 1.54) is 12.8 Å². The molecule has 1 aliphatic heterocycles. The summed E-state index contributed by atoms with van der Waals surface area (Å²) in [6.07, 6.45) is 3.54. The van der Waals surface area contributed by atoms with Gasteiger partial charge in [-0.25, -0.2) is 4.79 Å². The first kappa shape index (κ1) is 24.3. The average molecular weight is 495 g/mol. The number of halogens is 1. The first-order valence-electron chi connectivity index (χ1n) is 10.1. The Morgan fingerprint density at radius 3 is 2.37 bits per heavy atom. The minimum absolute atomic E-state index is 0. The highest BCUT2D eigenvalue weighted by atomic mass is 127. The lowest BCUT2D eigenvalue weighted by molar-refractivity contribution is 0.0145. The number of carbonyl (C=O) groups excluding carboxylic acids is 1. The number of piperazine rings is 1. The van der Waals surface area contributed by atoms with Gasteiger partial charge in [0, 0.05) is 45.8 Å². The first-order valence-corrected chi connectivity index (χ1v) is 10.1. The molecule has 1 saturated carbocycles. The zero-order valence-electron chi connectivity index (χ0n) is 17.4. The molecule has 0 spiro atoms. The van der Waals surface area contributed by atoms with Crippen molar-refractivity contribution >= 4 is 36.0 Å². The van der Waals surface area contributed by atoms with E-state index >= 15 is 0 Å². The largest absolute Gasteiger partial charge is 0.444 e. The van der Waals surface area contributed by atoms with Gasteiger partial charge in [-0.3, -0.25) is 9.89 Å². The van der Waals surface area contributed by atoms with Crippen LogP contribution in [0.5, 0.6) is 0 Å². The Balaban J connectivity index is 0.00000364. The Labute approximate surface area is 181 Å². The highest BCUT2D eigenvalue weighted by Crippen LogP contribution is 2.28. The number of ether oxygens (including phenoxy) is 1. The van der Waals surface area contributed by atoms with Crippen molar-refractivity contribution in [3.8, 4) is 0 Å². The molecule has 0 bridgehead atoms. The van der Waals surface area contributed by atoms with E-state index in [2.05, 4.69) is 27.4 Å². The molecule has 1 amide bonds. The highest BCUT2D eigenvalue weighted by molar-refractivity contribution is 14.0. The third kappa shape index (κ3) is 10.4. The predicted molar refractivity (Wildman–Crippen MR) is 121 cm³/mol. The molecule has 2 N–H and O–H groups in total. The summed E-state index contributed by atoms with van der Waals surface area (Å²) in [6.45, 7) is 14.9. The van der Waals surface area contributed by atoms with Gasteiger partial charge in [0.2, 0.25) is 0 Å². The number of amides is 1. The number of nitrogens with one attached hydrogen (secondary N) is 2. The molecule has 0 aromatic carbocycles. The SMILES string of the molecule is CCNC(=NCC1CC1)NCCCN1CCN(C(=O)OC(C)(C)C)CC1.I. The number of rotatable bonds is 7. The van der Waals surface area contributed by atoms with Crippen LogP contribution < -0.4 is 10.6 Å². The summed E-state index contributed by atoms with van der Waals surface area (Å²) in [7, 11) is 0. The van der Waals surface area contributed by atoms with Crippen molar-refractivity contribution in [3.05, 3.63) is 0 Å². The molecule has 2 fully saturated rings. The molecule has 2 aliphatic rings. The van der Waals surface area contributed by atoms with E-state index < -0.39 is 5.60 Å². The number of hydrogen-bond donors (Lipinski definition) is 2. The molecule has 0 aromatic heterocycles. The van der Waals surface area contributed by atoms with E-state index in [4.69, 9.17) is 4.74 Å². The number of aliphatic imine (C=N–C) groups is 1. The van der Waals surface area contributed by atoms with E-state index in [9.17, 15) is 4.79 Å². The molecule has 158 valence electrons. The lowest BCUT2D eigenvalue weighted by Gasteiger charge is -2.35. The van der Waals surface area contributed by atoms with Gasteiger partial charge in [0.1, 0.15) is 5.60 Å². The van der Waals surface area contributed by atoms with Crippen LogP contribution in [-0.4, -0.2) is 79.8 Å². The predicted octanol–water partition coefficient (Wildman–Crippen LogP) is 2.51. The van der Waals surface area contributed by atoms with Crippen molar-refractivity contribution in [3.63, 3.8) is 0 Å². The summed E-state index contributed by atoms with van der Waals surface area (Å²) in [5, 5.41) is 6.73.